The molecule has 0 fully saturated rings. The number of aromatic nitrogens is 1. The van der Waals surface area contributed by atoms with Crippen LogP contribution in [0.1, 0.15) is 40.2 Å². The maximum absolute atomic E-state index is 13.1. The molecule has 1 aromatic heterocycles. The van der Waals surface area contributed by atoms with E-state index in [0.29, 0.717) is 19.6 Å². The van der Waals surface area contributed by atoms with Crippen LogP contribution in [0.3, 0.4) is 0 Å². The van der Waals surface area contributed by atoms with Crippen molar-refractivity contribution in [1.82, 2.24) is 13.8 Å². The van der Waals surface area contributed by atoms with Crippen LogP contribution in [-0.4, -0.2) is 46.7 Å². The van der Waals surface area contributed by atoms with Crippen molar-refractivity contribution in [2.75, 3.05) is 13.1 Å². The Balaban J connectivity index is 2.35. The van der Waals surface area contributed by atoms with E-state index in [9.17, 15) is 18.0 Å². The molecular weight excluding hydrogens is 402 g/mol. The van der Waals surface area contributed by atoms with Gasteiger partial charge in [-0.3, -0.25) is 9.59 Å². The number of carbonyl (C=O) groups excluding carboxylic acids is 1. The van der Waals surface area contributed by atoms with Crippen LogP contribution in [0.2, 0.25) is 0 Å². The van der Waals surface area contributed by atoms with E-state index < -0.39 is 21.1 Å². The van der Waals surface area contributed by atoms with Crippen molar-refractivity contribution in [3.63, 3.8) is 0 Å². The van der Waals surface area contributed by atoms with Crippen LogP contribution >= 0.6 is 0 Å². The molecule has 30 heavy (non-hydrogen) atoms. The van der Waals surface area contributed by atoms with Crippen molar-refractivity contribution >= 4 is 15.9 Å². The molecule has 0 saturated heterocycles. The second kappa shape index (κ2) is 9.57. The lowest BCUT2D eigenvalue weighted by atomic mass is 10.0. The van der Waals surface area contributed by atoms with Gasteiger partial charge in [-0.15, -0.1) is 0 Å². The van der Waals surface area contributed by atoms with Crippen molar-refractivity contribution in [3.05, 3.63) is 64.6 Å². The van der Waals surface area contributed by atoms with Gasteiger partial charge < -0.3 is 9.47 Å². The smallest absolute Gasteiger partial charge is 0.251 e. The van der Waals surface area contributed by atoms with E-state index in [1.165, 1.54) is 27.2 Å². The van der Waals surface area contributed by atoms with Gasteiger partial charge in [0.15, 0.2) is 0 Å². The zero-order valence-corrected chi connectivity index (χ0v) is 19.1. The van der Waals surface area contributed by atoms with Gasteiger partial charge in [-0.25, -0.2) is 8.42 Å². The number of hydrogen-bond acceptors (Lipinski definition) is 4. The minimum atomic E-state index is -3.72. The molecule has 0 atom stereocenters. The Morgan fingerprint density at radius 3 is 2.13 bits per heavy atom. The van der Waals surface area contributed by atoms with Crippen molar-refractivity contribution in [1.29, 1.82) is 0 Å². The van der Waals surface area contributed by atoms with Crippen LogP contribution in [0.5, 0.6) is 0 Å². The summed E-state index contributed by atoms with van der Waals surface area (Å²) in [4.78, 5) is 27.2. The number of pyridine rings is 1. The van der Waals surface area contributed by atoms with Crippen LogP contribution in [0.4, 0.5) is 0 Å². The molecule has 0 aliphatic heterocycles. The first kappa shape index (κ1) is 23.8. The maximum Gasteiger partial charge on any atom is 0.251 e. The second-order valence-electron chi connectivity index (χ2n) is 8.06. The Hall–Kier alpha value is -2.45. The summed E-state index contributed by atoms with van der Waals surface area (Å²) in [7, 11) is -3.72. The number of sulfonamides is 1. The normalized spacial score (nSPS) is 12.2. The number of amides is 1. The molecule has 0 bridgehead atoms. The molecule has 1 aromatic carbocycles. The highest BCUT2D eigenvalue weighted by atomic mass is 32.2. The van der Waals surface area contributed by atoms with Gasteiger partial charge in [0, 0.05) is 37.4 Å². The van der Waals surface area contributed by atoms with Crippen LogP contribution in [0, 0.1) is 0 Å². The van der Waals surface area contributed by atoms with Gasteiger partial charge in [-0.1, -0.05) is 44.2 Å². The van der Waals surface area contributed by atoms with E-state index in [1.807, 2.05) is 51.1 Å². The fraction of sp³-hybridized carbons (Fsp3) is 0.455. The molecule has 164 valence electrons. The summed E-state index contributed by atoms with van der Waals surface area (Å²) in [5.74, 6) is -0.258. The SMILES string of the molecule is CCN(CC)S(=O)(=O)c1ccc(=O)n(CC(=O)N(Cc2ccccc2)C(C)(C)C)c1. The van der Waals surface area contributed by atoms with Crippen molar-refractivity contribution < 1.29 is 13.2 Å². The van der Waals surface area contributed by atoms with Crippen molar-refractivity contribution in [2.24, 2.45) is 0 Å². The molecule has 0 unspecified atom stereocenters. The molecule has 2 rings (SSSR count). The number of benzene rings is 1. The minimum Gasteiger partial charge on any atom is -0.332 e. The molecule has 0 saturated carbocycles. The highest BCUT2D eigenvalue weighted by Gasteiger charge is 2.28. The predicted octanol–water partition coefficient (Wildman–Crippen LogP) is 2.71. The summed E-state index contributed by atoms with van der Waals surface area (Å²) in [6, 6.07) is 12.1. The van der Waals surface area contributed by atoms with E-state index in [-0.39, 0.29) is 17.3 Å². The molecule has 0 spiro atoms. The number of nitrogens with zero attached hydrogens (tertiary/aromatic N) is 3. The van der Waals surface area contributed by atoms with E-state index >= 15 is 0 Å². The molecule has 0 N–H and O–H groups in total. The second-order valence-corrected chi connectivity index (χ2v) is 9.99. The van der Waals surface area contributed by atoms with Crippen molar-refractivity contribution in [2.45, 2.75) is 58.1 Å². The van der Waals surface area contributed by atoms with E-state index in [2.05, 4.69) is 0 Å². The average molecular weight is 434 g/mol. The highest BCUT2D eigenvalue weighted by molar-refractivity contribution is 7.89. The molecule has 8 heteroatoms. The standard InChI is InChI=1S/C22H31N3O4S/c1-6-24(7-2)30(28,29)19-13-14-20(26)23(16-19)17-21(27)25(22(3,4)5)15-18-11-9-8-10-12-18/h8-14,16H,6-7,15,17H2,1-5H3. The average Bonchev–Trinajstić information content (AvgIpc) is 2.68. The lowest BCUT2D eigenvalue weighted by Crippen LogP contribution is -2.47. The fourth-order valence-electron chi connectivity index (χ4n) is 3.19. The van der Waals surface area contributed by atoms with Gasteiger partial charge >= 0.3 is 0 Å². The van der Waals surface area contributed by atoms with Crippen LogP contribution in [0.15, 0.2) is 58.4 Å². The Morgan fingerprint density at radius 2 is 1.60 bits per heavy atom. The quantitative estimate of drug-likeness (QED) is 0.641. The Bertz CT molecular complexity index is 1020. The maximum atomic E-state index is 13.1. The van der Waals surface area contributed by atoms with Gasteiger partial charge in [-0.05, 0) is 32.4 Å². The summed E-state index contributed by atoms with van der Waals surface area (Å²) in [5.41, 5.74) is 0.0861. The monoisotopic (exact) mass is 433 g/mol. The fourth-order valence-corrected chi connectivity index (χ4v) is 4.67. The number of hydrogen-bond donors (Lipinski definition) is 0. The predicted molar refractivity (Wildman–Crippen MR) is 118 cm³/mol. The first-order chi connectivity index (χ1) is 14.0. The first-order valence-corrected chi connectivity index (χ1v) is 11.5. The van der Waals surface area contributed by atoms with E-state index in [0.717, 1.165) is 5.56 Å². The molecule has 7 nitrogen and oxygen atoms in total. The van der Waals surface area contributed by atoms with Gasteiger partial charge in [0.05, 0.1) is 4.90 Å². The Labute approximate surface area is 179 Å². The first-order valence-electron chi connectivity index (χ1n) is 10.1. The molecule has 0 aliphatic carbocycles. The summed E-state index contributed by atoms with van der Waals surface area (Å²) in [6.07, 6.45) is 1.26. The van der Waals surface area contributed by atoms with Gasteiger partial charge in [0.25, 0.3) is 5.56 Å². The van der Waals surface area contributed by atoms with Crippen LogP contribution in [0.25, 0.3) is 0 Å². The summed E-state index contributed by atoms with van der Waals surface area (Å²) in [5, 5.41) is 0. The zero-order chi connectivity index (χ0) is 22.5. The zero-order valence-electron chi connectivity index (χ0n) is 18.3. The molecule has 0 aliphatic rings. The lowest BCUT2D eigenvalue weighted by molar-refractivity contribution is -0.137. The van der Waals surface area contributed by atoms with E-state index in [1.54, 1.807) is 18.7 Å². The number of rotatable bonds is 8. The van der Waals surface area contributed by atoms with E-state index in [4.69, 9.17) is 0 Å². The third-order valence-corrected chi connectivity index (χ3v) is 6.93. The number of carbonyl (C=O) groups is 1. The summed E-state index contributed by atoms with van der Waals surface area (Å²) < 4.78 is 28.1. The van der Waals surface area contributed by atoms with Gasteiger partial charge in [0.2, 0.25) is 15.9 Å². The third-order valence-electron chi connectivity index (χ3n) is 4.90. The highest BCUT2D eigenvalue weighted by Crippen LogP contribution is 2.19. The summed E-state index contributed by atoms with van der Waals surface area (Å²) in [6.45, 7) is 10.1. The largest absolute Gasteiger partial charge is 0.332 e. The van der Waals surface area contributed by atoms with Crippen molar-refractivity contribution in [3.8, 4) is 0 Å². The minimum absolute atomic E-state index is 0.00367. The molecule has 1 heterocycles. The lowest BCUT2D eigenvalue weighted by Gasteiger charge is -2.36. The molecule has 0 radical (unpaired) electrons. The van der Waals surface area contributed by atoms with Crippen LogP contribution in [-0.2, 0) is 27.9 Å². The molecule has 2 aromatic rings. The Kier molecular flexibility index (Phi) is 7.60. The van der Waals surface area contributed by atoms with Gasteiger partial charge in [0.1, 0.15) is 6.54 Å². The molecular formula is C22H31N3O4S. The molecule has 1 amide bonds. The topological polar surface area (TPSA) is 79.7 Å². The third kappa shape index (κ3) is 5.58. The van der Waals surface area contributed by atoms with Crippen LogP contribution < -0.4 is 5.56 Å². The Morgan fingerprint density at radius 1 is 1.00 bits per heavy atom. The van der Waals surface area contributed by atoms with Gasteiger partial charge in [-0.2, -0.15) is 4.31 Å². The summed E-state index contributed by atoms with van der Waals surface area (Å²) >= 11 is 0.